The molecule has 3 aliphatic heterocycles. The number of hydrogen-bond acceptors (Lipinski definition) is 12. The van der Waals surface area contributed by atoms with Gasteiger partial charge in [0.2, 0.25) is 0 Å². The lowest BCUT2D eigenvalue weighted by molar-refractivity contribution is 0.00578. The summed E-state index contributed by atoms with van der Waals surface area (Å²) in [5.41, 5.74) is 2.76. The summed E-state index contributed by atoms with van der Waals surface area (Å²) in [5.74, 6) is 0. The van der Waals surface area contributed by atoms with Gasteiger partial charge in [0, 0.05) is 35.2 Å². The van der Waals surface area contributed by atoms with E-state index in [-0.39, 0.29) is 53.9 Å². The van der Waals surface area contributed by atoms with E-state index in [1.807, 2.05) is 75.6 Å². The molecular formula is C59H93B3O7S5. The molecule has 7 nitrogen and oxygen atoms in total. The zero-order chi connectivity index (χ0) is 54.4. The lowest BCUT2D eigenvalue weighted by Gasteiger charge is -2.32. The third kappa shape index (κ3) is 18.2. The third-order valence-electron chi connectivity index (χ3n) is 15.2. The second-order valence-corrected chi connectivity index (χ2v) is 28.3. The second-order valence-electron chi connectivity index (χ2n) is 23.5. The van der Waals surface area contributed by atoms with Crippen LogP contribution in [0.25, 0.3) is 19.5 Å². The molecule has 0 saturated carbocycles. The van der Waals surface area contributed by atoms with Crippen LogP contribution in [-0.2, 0) is 51.8 Å². The number of thiophene rings is 5. The van der Waals surface area contributed by atoms with Crippen molar-refractivity contribution < 1.29 is 32.6 Å². The van der Waals surface area contributed by atoms with Crippen LogP contribution >= 0.6 is 56.7 Å². The first-order chi connectivity index (χ1) is 34.8. The Hall–Kier alpha value is -1.59. The van der Waals surface area contributed by atoms with Crippen molar-refractivity contribution >= 4 is 87.8 Å². The molecule has 0 radical (unpaired) electrons. The number of unbranched alkanes of at least 4 members (excludes halogenated alkanes) is 9. The SMILES string of the molecule is CC(C)OB1OC(C)(C)C(C)(C)O1.CCCCCCc1csc(-c2ccc(B3OC(C)(C)C(C)(C)O3)s2)c1.CCCCCCc1csc(-c2cccs2)c1.CCCCCCc1csc(B2OC(C)(C)C(C)(C)O2)c1. The Kier molecular flexibility index (Phi) is 24.4. The Morgan fingerprint density at radius 1 is 0.432 bits per heavy atom. The van der Waals surface area contributed by atoms with Crippen molar-refractivity contribution in [2.75, 3.05) is 0 Å². The molecule has 3 fully saturated rings. The highest BCUT2D eigenvalue weighted by atomic mass is 32.1. The van der Waals surface area contributed by atoms with E-state index in [4.69, 9.17) is 32.6 Å². The average molecular weight is 1110 g/mol. The van der Waals surface area contributed by atoms with Crippen LogP contribution in [0.4, 0.5) is 0 Å². The van der Waals surface area contributed by atoms with Gasteiger partial charge >= 0.3 is 21.6 Å². The van der Waals surface area contributed by atoms with Gasteiger partial charge in [-0.15, -0.1) is 45.3 Å². The van der Waals surface area contributed by atoms with Gasteiger partial charge in [0.25, 0.3) is 0 Å². The highest BCUT2D eigenvalue weighted by Crippen LogP contribution is 2.40. The second kappa shape index (κ2) is 28.5. The number of rotatable bonds is 21. The maximum absolute atomic E-state index is 6.17. The summed E-state index contributed by atoms with van der Waals surface area (Å²) in [5, 5.41) is 9.04. The van der Waals surface area contributed by atoms with E-state index in [0.717, 1.165) is 4.78 Å². The maximum atomic E-state index is 6.17. The highest BCUT2D eigenvalue weighted by Gasteiger charge is 2.54. The zero-order valence-electron chi connectivity index (χ0n) is 48.7. The Labute approximate surface area is 471 Å². The highest BCUT2D eigenvalue weighted by molar-refractivity contribution is 7.27. The van der Waals surface area contributed by atoms with E-state index in [9.17, 15) is 0 Å². The van der Waals surface area contributed by atoms with Gasteiger partial charge in [-0.1, -0.05) is 90.7 Å². The first kappa shape index (κ1) is 63.2. The zero-order valence-corrected chi connectivity index (χ0v) is 52.7. The molecule has 0 spiro atoms. The van der Waals surface area contributed by atoms with E-state index < -0.39 is 7.32 Å². The molecule has 3 aliphatic rings. The van der Waals surface area contributed by atoms with Crippen LogP contribution in [0.2, 0.25) is 0 Å². The molecule has 15 heteroatoms. The Bertz CT molecular complexity index is 2310. The minimum absolute atomic E-state index is 0.120. The molecule has 3 saturated heterocycles. The average Bonchev–Trinajstić information content (AvgIpc) is 4.18. The fourth-order valence-electron chi connectivity index (χ4n) is 8.20. The molecular weight excluding hydrogens is 1010 g/mol. The molecule has 0 amide bonds. The molecule has 0 unspecified atom stereocenters. The molecule has 0 bridgehead atoms. The number of aryl methyl sites for hydroxylation is 3. The first-order valence-corrected chi connectivity index (χ1v) is 32.2. The van der Waals surface area contributed by atoms with Crippen LogP contribution < -0.4 is 9.55 Å². The van der Waals surface area contributed by atoms with E-state index >= 15 is 0 Å². The summed E-state index contributed by atoms with van der Waals surface area (Å²) < 4.78 is 43.6. The Morgan fingerprint density at radius 2 is 0.838 bits per heavy atom. The lowest BCUT2D eigenvalue weighted by Crippen LogP contribution is -2.41. The van der Waals surface area contributed by atoms with Crippen LogP contribution in [0.5, 0.6) is 0 Å². The van der Waals surface area contributed by atoms with Gasteiger partial charge in [-0.25, -0.2) is 0 Å². The molecule has 0 N–H and O–H groups in total. The molecule has 0 aromatic carbocycles. The topological polar surface area (TPSA) is 64.6 Å². The minimum atomic E-state index is -0.523. The van der Waals surface area contributed by atoms with Crippen molar-refractivity contribution in [3.8, 4) is 19.5 Å². The van der Waals surface area contributed by atoms with E-state index in [1.165, 1.54) is 137 Å². The third-order valence-corrected chi connectivity index (χ3v) is 20.5. The maximum Gasteiger partial charge on any atom is 0.640 e. The molecule has 5 aromatic heterocycles. The fourth-order valence-corrected chi connectivity index (χ4v) is 12.9. The summed E-state index contributed by atoms with van der Waals surface area (Å²) in [4.78, 5) is 5.51. The minimum Gasteiger partial charge on any atom is -0.399 e. The number of hydrogen-bond donors (Lipinski definition) is 0. The molecule has 410 valence electrons. The van der Waals surface area contributed by atoms with E-state index in [1.54, 1.807) is 22.7 Å². The van der Waals surface area contributed by atoms with Gasteiger partial charge in [0.05, 0.1) is 33.6 Å². The summed E-state index contributed by atoms with van der Waals surface area (Å²) in [6.45, 7) is 35.6. The fraction of sp³-hybridized carbons (Fsp3) is 0.661. The quantitative estimate of drug-likeness (QED) is 0.0536. The van der Waals surface area contributed by atoms with E-state index in [0.29, 0.717) is 0 Å². The van der Waals surface area contributed by atoms with Gasteiger partial charge in [-0.2, -0.15) is 11.3 Å². The summed E-state index contributed by atoms with van der Waals surface area (Å²) >= 11 is 9.12. The summed E-state index contributed by atoms with van der Waals surface area (Å²) in [6, 6.07) is 15.7. The van der Waals surface area contributed by atoms with Crippen molar-refractivity contribution in [2.45, 2.75) is 254 Å². The predicted molar refractivity (Wildman–Crippen MR) is 327 cm³/mol. The summed E-state index contributed by atoms with van der Waals surface area (Å²) in [6.07, 6.45) is 19.7. The van der Waals surface area contributed by atoms with Crippen molar-refractivity contribution in [1.82, 2.24) is 0 Å². The van der Waals surface area contributed by atoms with Gasteiger partial charge < -0.3 is 32.6 Å². The van der Waals surface area contributed by atoms with Crippen LogP contribution in [0.1, 0.15) is 211 Å². The molecule has 8 heterocycles. The Morgan fingerprint density at radius 3 is 1.26 bits per heavy atom. The molecule has 8 rings (SSSR count). The van der Waals surface area contributed by atoms with Gasteiger partial charge in [-0.05, 0) is 204 Å². The van der Waals surface area contributed by atoms with Crippen LogP contribution in [0.3, 0.4) is 0 Å². The smallest absolute Gasteiger partial charge is 0.399 e. The summed E-state index contributed by atoms with van der Waals surface area (Å²) in [7, 11) is -0.975. The molecule has 74 heavy (non-hydrogen) atoms. The van der Waals surface area contributed by atoms with Crippen molar-refractivity contribution in [3.63, 3.8) is 0 Å². The first-order valence-electron chi connectivity index (χ1n) is 27.9. The lowest BCUT2D eigenvalue weighted by atomic mass is 9.87. The molecule has 0 aliphatic carbocycles. The molecule has 5 aromatic rings. The monoisotopic (exact) mass is 1110 g/mol. The normalized spacial score (nSPS) is 18.8. The van der Waals surface area contributed by atoms with Gasteiger partial charge in [-0.3, -0.25) is 0 Å². The van der Waals surface area contributed by atoms with Crippen LogP contribution in [0, 0.1) is 0 Å². The Balaban J connectivity index is 0.000000188. The van der Waals surface area contributed by atoms with Crippen molar-refractivity contribution in [1.29, 1.82) is 0 Å². The molecule has 0 atom stereocenters. The van der Waals surface area contributed by atoms with Crippen LogP contribution in [0.15, 0.2) is 64.0 Å². The van der Waals surface area contributed by atoms with Gasteiger partial charge in [0.15, 0.2) is 0 Å². The predicted octanol–water partition coefficient (Wildman–Crippen LogP) is 17.7. The van der Waals surface area contributed by atoms with Crippen molar-refractivity contribution in [3.05, 3.63) is 80.7 Å². The standard InChI is InChI=1S/C20H29BO2S2.C16H27BO2S.C14H18S2.C9H19BO3/c1-6-7-8-9-10-15-13-17(24-14-15)16-11-12-18(25-16)21-22-19(2,3)20(4,5)23-21;1-6-7-8-9-10-13-11-14(20-12-13)17-18-15(2,3)16(4,5)19-17;1-2-3-4-5-7-12-10-14(16-11-12)13-8-6-9-15-13;1-7(2)11-10-12-8(3,4)9(5,6)13-10/h11-14H,6-10H2,1-5H3;11-12H,6-10H2,1-5H3;6,8-11H,2-5,7H2,1H3;7H,1-6H3. The van der Waals surface area contributed by atoms with Crippen molar-refractivity contribution in [2.24, 2.45) is 0 Å². The largest absolute Gasteiger partial charge is 0.640 e. The van der Waals surface area contributed by atoms with E-state index in [2.05, 4.69) is 140 Å². The van der Waals surface area contributed by atoms with Gasteiger partial charge in [0.1, 0.15) is 0 Å². The van der Waals surface area contributed by atoms with Crippen LogP contribution in [-0.4, -0.2) is 61.3 Å².